The van der Waals surface area contributed by atoms with Crippen LogP contribution in [-0.2, 0) is 0 Å². The van der Waals surface area contributed by atoms with Crippen molar-refractivity contribution in [3.63, 3.8) is 0 Å². The topological polar surface area (TPSA) is 0 Å². The van der Waals surface area contributed by atoms with Crippen LogP contribution in [0.2, 0.25) is 0 Å². The van der Waals surface area contributed by atoms with Gasteiger partial charge < -0.3 is 0 Å². The molecule has 0 radical (unpaired) electrons. The summed E-state index contributed by atoms with van der Waals surface area (Å²) in [5.41, 5.74) is 5.10. The van der Waals surface area contributed by atoms with Crippen LogP contribution in [0.3, 0.4) is 0 Å². The highest BCUT2D eigenvalue weighted by molar-refractivity contribution is 5.35. The van der Waals surface area contributed by atoms with E-state index in [1.807, 2.05) is 0 Å². The maximum atomic E-state index is 2.48. The first kappa shape index (κ1) is 12.5. The molecule has 86 valence electrons. The van der Waals surface area contributed by atoms with E-state index in [0.717, 1.165) is 0 Å². The van der Waals surface area contributed by atoms with Crippen LogP contribution in [0.15, 0.2) is 22.8 Å². The second-order valence-corrected chi connectivity index (χ2v) is 6.17. The molecule has 0 aromatic rings. The second-order valence-electron chi connectivity index (χ2n) is 6.17. The van der Waals surface area contributed by atoms with Crippen molar-refractivity contribution in [2.75, 3.05) is 0 Å². The first-order chi connectivity index (χ1) is 6.82. The molecule has 0 aliphatic heterocycles. The van der Waals surface area contributed by atoms with E-state index in [0.29, 0.717) is 11.3 Å². The minimum Gasteiger partial charge on any atom is -0.0696 e. The van der Waals surface area contributed by atoms with Crippen molar-refractivity contribution in [3.05, 3.63) is 22.8 Å². The molecule has 0 atom stereocenters. The van der Waals surface area contributed by atoms with Crippen LogP contribution < -0.4 is 0 Å². The fourth-order valence-corrected chi connectivity index (χ4v) is 2.39. The highest BCUT2D eigenvalue weighted by Gasteiger charge is 2.20. The molecular formula is C15H26. The Morgan fingerprint density at radius 3 is 2.20 bits per heavy atom. The SMILES string of the molecule is CC1=C(C(C)(C)C)C=C(C(C)C)CCC1. The Bertz CT molecular complexity index is 282. The van der Waals surface area contributed by atoms with Crippen molar-refractivity contribution in [2.24, 2.45) is 11.3 Å². The summed E-state index contributed by atoms with van der Waals surface area (Å²) in [6.45, 7) is 13.9. The zero-order valence-electron chi connectivity index (χ0n) is 11.3. The molecule has 1 aliphatic rings. The molecule has 1 aliphatic carbocycles. The highest BCUT2D eigenvalue weighted by Crippen LogP contribution is 2.36. The minimum atomic E-state index is 0.300. The third kappa shape index (κ3) is 3.22. The molecule has 15 heavy (non-hydrogen) atoms. The van der Waals surface area contributed by atoms with Crippen LogP contribution >= 0.6 is 0 Å². The van der Waals surface area contributed by atoms with Gasteiger partial charge >= 0.3 is 0 Å². The molecule has 0 saturated carbocycles. The lowest BCUT2D eigenvalue weighted by molar-refractivity contribution is 0.509. The van der Waals surface area contributed by atoms with Gasteiger partial charge in [0.05, 0.1) is 0 Å². The molecule has 0 heteroatoms. The molecule has 0 saturated heterocycles. The second kappa shape index (κ2) is 4.55. The van der Waals surface area contributed by atoms with Gasteiger partial charge in [0.15, 0.2) is 0 Å². The van der Waals surface area contributed by atoms with Crippen molar-refractivity contribution < 1.29 is 0 Å². The highest BCUT2D eigenvalue weighted by atomic mass is 14.3. The molecule has 1 rings (SSSR count). The van der Waals surface area contributed by atoms with E-state index in [4.69, 9.17) is 0 Å². The summed E-state index contributed by atoms with van der Waals surface area (Å²) in [4.78, 5) is 0. The van der Waals surface area contributed by atoms with E-state index in [1.165, 1.54) is 19.3 Å². The molecule has 0 nitrogen and oxygen atoms in total. The van der Waals surface area contributed by atoms with E-state index < -0.39 is 0 Å². The summed E-state index contributed by atoms with van der Waals surface area (Å²) in [6, 6.07) is 0. The van der Waals surface area contributed by atoms with Gasteiger partial charge in [-0.05, 0) is 43.1 Å². The average Bonchev–Trinajstić information content (AvgIpc) is 2.25. The Morgan fingerprint density at radius 1 is 1.13 bits per heavy atom. The van der Waals surface area contributed by atoms with E-state index in [9.17, 15) is 0 Å². The first-order valence-corrected chi connectivity index (χ1v) is 6.23. The van der Waals surface area contributed by atoms with Gasteiger partial charge in [-0.3, -0.25) is 0 Å². The van der Waals surface area contributed by atoms with Gasteiger partial charge in [-0.1, -0.05) is 51.8 Å². The van der Waals surface area contributed by atoms with E-state index >= 15 is 0 Å². The van der Waals surface area contributed by atoms with Crippen molar-refractivity contribution in [1.82, 2.24) is 0 Å². The average molecular weight is 206 g/mol. The van der Waals surface area contributed by atoms with Gasteiger partial charge in [0, 0.05) is 0 Å². The normalized spacial score (nSPS) is 19.3. The number of hydrogen-bond donors (Lipinski definition) is 0. The smallest absolute Gasteiger partial charge is 0.0132 e. The summed E-state index contributed by atoms with van der Waals surface area (Å²) >= 11 is 0. The molecule has 0 spiro atoms. The third-order valence-electron chi connectivity index (χ3n) is 3.36. The monoisotopic (exact) mass is 206 g/mol. The zero-order chi connectivity index (χ0) is 11.6. The van der Waals surface area contributed by atoms with Crippen LogP contribution in [0.4, 0.5) is 0 Å². The third-order valence-corrected chi connectivity index (χ3v) is 3.36. The van der Waals surface area contributed by atoms with Crippen LogP contribution in [0, 0.1) is 11.3 Å². The van der Waals surface area contributed by atoms with Crippen LogP contribution in [-0.4, -0.2) is 0 Å². The quantitative estimate of drug-likeness (QED) is 0.559. The lowest BCUT2D eigenvalue weighted by Gasteiger charge is -2.23. The molecular weight excluding hydrogens is 180 g/mol. The summed E-state index contributed by atoms with van der Waals surface area (Å²) in [5, 5.41) is 0. The molecule has 0 unspecified atom stereocenters. The van der Waals surface area contributed by atoms with E-state index in [2.05, 4.69) is 47.6 Å². The molecule has 0 aromatic carbocycles. The number of hydrogen-bond acceptors (Lipinski definition) is 0. The summed E-state index contributed by atoms with van der Waals surface area (Å²) in [7, 11) is 0. The summed E-state index contributed by atoms with van der Waals surface area (Å²) in [5.74, 6) is 0.702. The van der Waals surface area contributed by atoms with Gasteiger partial charge in [0.25, 0.3) is 0 Å². The Labute approximate surface area is 95.5 Å². The van der Waals surface area contributed by atoms with Crippen LogP contribution in [0.25, 0.3) is 0 Å². The predicted molar refractivity (Wildman–Crippen MR) is 68.9 cm³/mol. The van der Waals surface area contributed by atoms with Gasteiger partial charge in [-0.15, -0.1) is 0 Å². The lowest BCUT2D eigenvalue weighted by Crippen LogP contribution is -2.10. The van der Waals surface area contributed by atoms with Crippen LogP contribution in [0.5, 0.6) is 0 Å². The Morgan fingerprint density at radius 2 is 1.73 bits per heavy atom. The van der Waals surface area contributed by atoms with Gasteiger partial charge in [0.1, 0.15) is 0 Å². The fraction of sp³-hybridized carbons (Fsp3) is 0.733. The maximum absolute atomic E-state index is 2.48. The zero-order valence-corrected chi connectivity index (χ0v) is 11.3. The standard InChI is InChI=1S/C15H26/c1-11(2)13-9-7-8-12(3)14(10-13)15(4,5)6/h10-11H,7-9H2,1-6H3. The molecule has 0 N–H and O–H groups in total. The largest absolute Gasteiger partial charge is 0.0696 e. The molecule has 0 fully saturated rings. The summed E-state index contributed by atoms with van der Waals surface area (Å²) < 4.78 is 0. The van der Waals surface area contributed by atoms with Crippen molar-refractivity contribution in [2.45, 2.75) is 60.8 Å². The molecule has 0 amide bonds. The van der Waals surface area contributed by atoms with Crippen molar-refractivity contribution >= 4 is 0 Å². The minimum absolute atomic E-state index is 0.300. The maximum Gasteiger partial charge on any atom is -0.0132 e. The van der Waals surface area contributed by atoms with Crippen molar-refractivity contribution in [3.8, 4) is 0 Å². The number of allylic oxidation sites excluding steroid dienone is 4. The molecule has 0 heterocycles. The molecule has 0 aromatic heterocycles. The predicted octanol–water partition coefficient (Wildman–Crippen LogP) is 5.12. The first-order valence-electron chi connectivity index (χ1n) is 6.23. The number of rotatable bonds is 1. The van der Waals surface area contributed by atoms with Gasteiger partial charge in [0.2, 0.25) is 0 Å². The fourth-order valence-electron chi connectivity index (χ4n) is 2.39. The molecule has 0 bridgehead atoms. The van der Waals surface area contributed by atoms with Gasteiger partial charge in [-0.25, -0.2) is 0 Å². The van der Waals surface area contributed by atoms with Crippen LogP contribution in [0.1, 0.15) is 60.8 Å². The van der Waals surface area contributed by atoms with E-state index in [-0.39, 0.29) is 0 Å². The Balaban J connectivity index is 3.10. The Kier molecular flexibility index (Phi) is 3.81. The van der Waals surface area contributed by atoms with Crippen molar-refractivity contribution in [1.29, 1.82) is 0 Å². The Hall–Kier alpha value is -0.520. The lowest BCUT2D eigenvalue weighted by atomic mass is 9.82. The van der Waals surface area contributed by atoms with E-state index in [1.54, 1.807) is 16.7 Å². The van der Waals surface area contributed by atoms with Gasteiger partial charge in [-0.2, -0.15) is 0 Å². The summed E-state index contributed by atoms with van der Waals surface area (Å²) in [6.07, 6.45) is 6.37.